The van der Waals surface area contributed by atoms with Gasteiger partial charge in [-0.25, -0.2) is 4.98 Å². The van der Waals surface area contributed by atoms with E-state index in [9.17, 15) is 4.79 Å². The van der Waals surface area contributed by atoms with E-state index in [1.54, 1.807) is 6.07 Å². The van der Waals surface area contributed by atoms with Gasteiger partial charge in [-0.05, 0) is 56.7 Å². The smallest absolute Gasteiger partial charge is 0.262 e. The second-order valence-electron chi connectivity index (χ2n) is 7.50. The van der Waals surface area contributed by atoms with Crippen LogP contribution in [0.1, 0.15) is 36.6 Å². The van der Waals surface area contributed by atoms with Crippen molar-refractivity contribution in [2.24, 2.45) is 5.92 Å². The third-order valence-electron chi connectivity index (χ3n) is 4.78. The first-order valence-electron chi connectivity index (χ1n) is 9.51. The highest BCUT2D eigenvalue weighted by atomic mass is 16.5. The number of hydrogen-bond acceptors (Lipinski definition) is 5. The number of ether oxygens (including phenoxy) is 1. The minimum atomic E-state index is -0.201. The van der Waals surface area contributed by atoms with Crippen LogP contribution in [-0.4, -0.2) is 35.6 Å². The first kappa shape index (κ1) is 19.1. The van der Waals surface area contributed by atoms with E-state index in [1.165, 1.54) is 6.42 Å². The number of benzene rings is 1. The van der Waals surface area contributed by atoms with Gasteiger partial charge in [0.05, 0.1) is 0 Å². The molecule has 1 aromatic carbocycles. The molecule has 0 saturated carbocycles. The van der Waals surface area contributed by atoms with Crippen LogP contribution >= 0.6 is 0 Å². The van der Waals surface area contributed by atoms with Gasteiger partial charge >= 0.3 is 0 Å². The lowest BCUT2D eigenvalue weighted by Crippen LogP contribution is -2.35. The molecule has 1 unspecified atom stereocenters. The number of nitrogens with one attached hydrogen (secondary N) is 1. The summed E-state index contributed by atoms with van der Waals surface area (Å²) in [4.78, 5) is 23.5. The molecule has 3 rings (SSSR count). The molecule has 0 radical (unpaired) electrons. The van der Waals surface area contributed by atoms with Crippen LogP contribution in [0.25, 0.3) is 0 Å². The molecule has 144 valence electrons. The van der Waals surface area contributed by atoms with E-state index in [4.69, 9.17) is 4.74 Å². The van der Waals surface area contributed by atoms with Gasteiger partial charge in [0.15, 0.2) is 6.61 Å². The van der Waals surface area contributed by atoms with Gasteiger partial charge in [0.25, 0.3) is 5.91 Å². The Morgan fingerprint density at radius 2 is 2.07 bits per heavy atom. The van der Waals surface area contributed by atoms with Gasteiger partial charge in [0.1, 0.15) is 0 Å². The predicted octanol–water partition coefficient (Wildman–Crippen LogP) is 3.66. The van der Waals surface area contributed by atoms with E-state index >= 15 is 0 Å². The molecule has 1 aliphatic rings. The second-order valence-corrected chi connectivity index (χ2v) is 7.50. The molecule has 1 fully saturated rings. The monoisotopic (exact) mass is 368 g/mol. The zero-order valence-electron chi connectivity index (χ0n) is 16.6. The molecule has 0 spiro atoms. The molecule has 1 amide bonds. The van der Waals surface area contributed by atoms with Crippen molar-refractivity contribution in [3.05, 3.63) is 41.1 Å². The number of nitrogens with zero attached hydrogens (tertiary/aromatic N) is 3. The van der Waals surface area contributed by atoms with Gasteiger partial charge in [-0.2, -0.15) is 4.98 Å². The highest BCUT2D eigenvalue weighted by molar-refractivity contribution is 5.92. The molecule has 1 N–H and O–H groups in total. The zero-order valence-corrected chi connectivity index (χ0v) is 16.6. The number of anilines is 2. The number of piperidine rings is 1. The maximum Gasteiger partial charge on any atom is 0.262 e. The fraction of sp³-hybridized carbons (Fsp3) is 0.476. The van der Waals surface area contributed by atoms with Crippen molar-refractivity contribution in [1.29, 1.82) is 0 Å². The van der Waals surface area contributed by atoms with Crippen molar-refractivity contribution in [1.82, 2.24) is 9.97 Å². The van der Waals surface area contributed by atoms with E-state index in [-0.39, 0.29) is 12.5 Å². The predicted molar refractivity (Wildman–Crippen MR) is 107 cm³/mol. The molecule has 0 aliphatic carbocycles. The van der Waals surface area contributed by atoms with Gasteiger partial charge < -0.3 is 15.0 Å². The van der Waals surface area contributed by atoms with E-state index in [2.05, 4.69) is 27.1 Å². The highest BCUT2D eigenvalue weighted by Gasteiger charge is 2.19. The lowest BCUT2D eigenvalue weighted by Gasteiger charge is -2.31. The molecule has 6 nitrogen and oxygen atoms in total. The molecule has 27 heavy (non-hydrogen) atoms. The van der Waals surface area contributed by atoms with Gasteiger partial charge in [-0.1, -0.05) is 19.1 Å². The van der Waals surface area contributed by atoms with Crippen molar-refractivity contribution in [3.63, 3.8) is 0 Å². The van der Waals surface area contributed by atoms with Crippen molar-refractivity contribution >= 4 is 17.5 Å². The average Bonchev–Trinajstić information content (AvgIpc) is 2.63. The summed E-state index contributed by atoms with van der Waals surface area (Å²) in [6.45, 7) is 9.96. The summed E-state index contributed by atoms with van der Waals surface area (Å²) in [5.74, 6) is 1.56. The molecule has 2 heterocycles. The Morgan fingerprint density at radius 1 is 1.26 bits per heavy atom. The number of amides is 1. The first-order chi connectivity index (χ1) is 12.9. The standard InChI is InChI=1S/C21H28N4O2/c1-14-7-8-16(3)18(10-14)23-19(26)13-27-20-11-17(4)22-21(24-20)25-9-5-6-15(2)12-25/h7-8,10-11,15H,5-6,9,12-13H2,1-4H3,(H,23,26). The molecule has 1 aromatic heterocycles. The number of aryl methyl sites for hydroxylation is 3. The van der Waals surface area contributed by atoms with Gasteiger partial charge in [-0.15, -0.1) is 0 Å². The van der Waals surface area contributed by atoms with Crippen LogP contribution in [0.5, 0.6) is 5.88 Å². The maximum atomic E-state index is 12.3. The van der Waals surface area contributed by atoms with Crippen LogP contribution in [0.3, 0.4) is 0 Å². The van der Waals surface area contributed by atoms with Crippen LogP contribution in [0.2, 0.25) is 0 Å². The third-order valence-corrected chi connectivity index (χ3v) is 4.78. The first-order valence-corrected chi connectivity index (χ1v) is 9.51. The molecule has 6 heteroatoms. The van der Waals surface area contributed by atoms with E-state index in [0.717, 1.165) is 42.0 Å². The number of rotatable bonds is 5. The summed E-state index contributed by atoms with van der Waals surface area (Å²) >= 11 is 0. The minimum Gasteiger partial charge on any atom is -0.467 e. The molecule has 1 aliphatic heterocycles. The molecule has 2 aromatic rings. The number of aromatic nitrogens is 2. The number of carbonyl (C=O) groups excluding carboxylic acids is 1. The number of hydrogen-bond donors (Lipinski definition) is 1. The quantitative estimate of drug-likeness (QED) is 0.872. The molecular formula is C21H28N4O2. The van der Waals surface area contributed by atoms with Crippen LogP contribution in [0.4, 0.5) is 11.6 Å². The average molecular weight is 368 g/mol. The summed E-state index contributed by atoms with van der Waals surface area (Å²) in [6, 6.07) is 7.74. The molecule has 1 atom stereocenters. The third kappa shape index (κ3) is 5.18. The lowest BCUT2D eigenvalue weighted by molar-refractivity contribution is -0.118. The van der Waals surface area contributed by atoms with Crippen LogP contribution < -0.4 is 15.0 Å². The van der Waals surface area contributed by atoms with Crippen LogP contribution in [0, 0.1) is 26.7 Å². The van der Waals surface area contributed by atoms with Crippen molar-refractivity contribution < 1.29 is 9.53 Å². The normalized spacial score (nSPS) is 16.9. The van der Waals surface area contributed by atoms with Crippen molar-refractivity contribution in [3.8, 4) is 5.88 Å². The van der Waals surface area contributed by atoms with Crippen LogP contribution in [0.15, 0.2) is 24.3 Å². The van der Waals surface area contributed by atoms with Gasteiger partial charge in [0, 0.05) is 30.5 Å². The fourth-order valence-corrected chi connectivity index (χ4v) is 3.31. The Hall–Kier alpha value is -2.63. The fourth-order valence-electron chi connectivity index (χ4n) is 3.31. The summed E-state index contributed by atoms with van der Waals surface area (Å²) in [6.07, 6.45) is 2.39. The summed E-state index contributed by atoms with van der Waals surface area (Å²) in [5.41, 5.74) is 3.77. The summed E-state index contributed by atoms with van der Waals surface area (Å²) < 4.78 is 5.66. The topological polar surface area (TPSA) is 67.3 Å². The Morgan fingerprint density at radius 3 is 2.85 bits per heavy atom. The van der Waals surface area contributed by atoms with Crippen molar-refractivity contribution in [2.75, 3.05) is 29.9 Å². The Balaban J connectivity index is 1.63. The van der Waals surface area contributed by atoms with Crippen LogP contribution in [-0.2, 0) is 4.79 Å². The highest BCUT2D eigenvalue weighted by Crippen LogP contribution is 2.22. The lowest BCUT2D eigenvalue weighted by atomic mass is 10.0. The number of carbonyl (C=O) groups is 1. The summed E-state index contributed by atoms with van der Waals surface area (Å²) in [7, 11) is 0. The van der Waals surface area contributed by atoms with Crippen molar-refractivity contribution in [2.45, 2.75) is 40.5 Å². The largest absolute Gasteiger partial charge is 0.467 e. The Bertz CT molecular complexity index is 822. The zero-order chi connectivity index (χ0) is 19.4. The Labute approximate surface area is 161 Å². The van der Waals surface area contributed by atoms with Gasteiger partial charge in [-0.3, -0.25) is 4.79 Å². The molecular weight excluding hydrogens is 340 g/mol. The second kappa shape index (κ2) is 8.37. The molecule has 0 bridgehead atoms. The van der Waals surface area contributed by atoms with E-state index < -0.39 is 0 Å². The SMILES string of the molecule is Cc1ccc(C)c(NC(=O)COc2cc(C)nc(N3CCCC(C)C3)n2)c1. The molecule has 1 saturated heterocycles. The summed E-state index contributed by atoms with van der Waals surface area (Å²) in [5, 5.41) is 2.90. The van der Waals surface area contributed by atoms with E-state index in [1.807, 2.05) is 39.0 Å². The Kier molecular flexibility index (Phi) is 5.94. The van der Waals surface area contributed by atoms with E-state index in [0.29, 0.717) is 17.7 Å². The maximum absolute atomic E-state index is 12.3. The minimum absolute atomic E-state index is 0.0837. The van der Waals surface area contributed by atoms with Gasteiger partial charge in [0.2, 0.25) is 11.8 Å².